The Bertz CT molecular complexity index is 1730. The lowest BCUT2D eigenvalue weighted by atomic mass is 9.33. The van der Waals surface area contributed by atoms with E-state index in [9.17, 15) is 61.3 Å². The lowest BCUT2D eigenvalue weighted by molar-refractivity contribution is -0.348. The Morgan fingerprint density at radius 1 is 0.615 bits per heavy atom. The van der Waals surface area contributed by atoms with Crippen LogP contribution < -0.4 is 0 Å². The molecular weight excluding hydrogens is 852 g/mol. The number of hydrogen-bond donors (Lipinski definition) is 12. The summed E-state index contributed by atoms with van der Waals surface area (Å²) < 4.78 is 35.0. The van der Waals surface area contributed by atoms with Crippen molar-refractivity contribution in [3.8, 4) is 0 Å². The molecule has 5 aliphatic carbocycles. The molecule has 0 radical (unpaired) electrons. The van der Waals surface area contributed by atoms with Crippen molar-refractivity contribution in [3.05, 3.63) is 11.6 Å². The SMILES string of the molecule is CC1(C)C[C@H](O)[C@]2(CO)[C@@H](O)C[C@]3(C)C(=CCC4[C@@]5(C)CC[C@H](O[C@@H]6O[C@H](CO[C@@H]7O[C@H](CO[C@@H]8OC[C@@H](O)[C@H](O)[C@H]8O)[C@@H](O)[C@H](O)[C@H]7O)[C@@H](O)[C@H](O)[C@H]6O)C(C)(C)C5CC[C@]43C)[C@@H]2C1. The minimum atomic E-state index is -1.78. The first-order chi connectivity index (χ1) is 30.3. The van der Waals surface area contributed by atoms with Crippen molar-refractivity contribution in [2.45, 2.75) is 204 Å². The number of aliphatic hydroxyl groups is 12. The Hall–Kier alpha value is -0.980. The zero-order valence-corrected chi connectivity index (χ0v) is 38.9. The summed E-state index contributed by atoms with van der Waals surface area (Å²) in [5.41, 5.74) is -1.00. The highest BCUT2D eigenvalue weighted by Gasteiger charge is 2.71. The molecule has 3 saturated heterocycles. The van der Waals surface area contributed by atoms with Crippen molar-refractivity contribution in [2.75, 3.05) is 26.4 Å². The summed E-state index contributed by atoms with van der Waals surface area (Å²) in [5.74, 6) is 0.288. The molecule has 7 fully saturated rings. The van der Waals surface area contributed by atoms with Crippen LogP contribution in [0, 0.1) is 50.2 Å². The first-order valence-corrected chi connectivity index (χ1v) is 23.9. The molecule has 2 unspecified atom stereocenters. The number of rotatable bonds is 9. The van der Waals surface area contributed by atoms with Crippen LogP contribution in [0.3, 0.4) is 0 Å². The maximum atomic E-state index is 12.1. The van der Waals surface area contributed by atoms with Crippen LogP contribution in [0.2, 0.25) is 0 Å². The number of allylic oxidation sites excluding steroid dienone is 2. The van der Waals surface area contributed by atoms with Gasteiger partial charge >= 0.3 is 0 Å². The van der Waals surface area contributed by atoms with E-state index in [0.717, 1.165) is 32.1 Å². The predicted octanol–water partition coefficient (Wildman–Crippen LogP) is -0.805. The van der Waals surface area contributed by atoms with E-state index in [1.165, 1.54) is 5.57 Å². The number of ether oxygens (including phenoxy) is 6. The van der Waals surface area contributed by atoms with Crippen molar-refractivity contribution in [1.82, 2.24) is 0 Å². The van der Waals surface area contributed by atoms with Crippen LogP contribution in [0.1, 0.15) is 99.8 Å². The second kappa shape index (κ2) is 17.7. The fourth-order valence-corrected chi connectivity index (χ4v) is 15.0. The van der Waals surface area contributed by atoms with Crippen LogP contribution in [0.5, 0.6) is 0 Å². The van der Waals surface area contributed by atoms with E-state index in [1.54, 1.807) is 0 Å². The fourth-order valence-electron chi connectivity index (χ4n) is 15.0. The van der Waals surface area contributed by atoms with Gasteiger partial charge in [0.25, 0.3) is 0 Å². The van der Waals surface area contributed by atoms with Gasteiger partial charge in [-0.25, -0.2) is 0 Å². The molecule has 12 N–H and O–H groups in total. The molecule has 4 saturated carbocycles. The summed E-state index contributed by atoms with van der Waals surface area (Å²) in [6, 6.07) is 0. The molecule has 65 heavy (non-hydrogen) atoms. The second-order valence-electron chi connectivity index (χ2n) is 23.4. The van der Waals surface area contributed by atoms with E-state index in [-0.39, 0.29) is 52.6 Å². The Morgan fingerprint density at radius 3 is 1.82 bits per heavy atom. The number of aliphatic hydroxyl groups excluding tert-OH is 12. The van der Waals surface area contributed by atoms with E-state index < -0.39 is 128 Å². The first-order valence-electron chi connectivity index (χ1n) is 23.9. The molecule has 0 spiro atoms. The van der Waals surface area contributed by atoms with Crippen LogP contribution >= 0.6 is 0 Å². The second-order valence-corrected chi connectivity index (χ2v) is 23.4. The average Bonchev–Trinajstić information content (AvgIpc) is 3.23. The molecule has 24 atom stereocenters. The maximum absolute atomic E-state index is 12.1. The largest absolute Gasteiger partial charge is 0.396 e. The minimum absolute atomic E-state index is 0.142. The molecule has 8 aliphatic rings. The topological polar surface area (TPSA) is 298 Å². The van der Waals surface area contributed by atoms with Gasteiger partial charge < -0.3 is 89.7 Å². The molecule has 0 amide bonds. The van der Waals surface area contributed by atoms with Crippen LogP contribution in [0.25, 0.3) is 0 Å². The standard InChI is InChI=1S/C47H78O18/c1-42(2)14-22-21-8-9-27-44(5)12-11-30(43(3,4)26(44)10-13-45(27,6)46(21,7)16-29(51)47(22,20-48)28(50)15-42)65-41-38(59)35(56)33(54)25(64-41)19-62-40-37(58)34(55)32(53)24(63-40)18-61-39-36(57)31(52)23(49)17-60-39/h8,22-41,48-59H,9-20H2,1-7H3/t22-,23+,24+,25+,26?,27?,28-,29-,30-,31-,32+,33+,34-,35-,36+,37+,38+,39-,40+,41-,44-,45+,46+,47+/m0/s1. The third kappa shape index (κ3) is 7.93. The zero-order valence-electron chi connectivity index (χ0n) is 38.9. The molecule has 8 rings (SSSR count). The highest BCUT2D eigenvalue weighted by Crippen LogP contribution is 2.76. The molecule has 374 valence electrons. The van der Waals surface area contributed by atoms with Crippen LogP contribution in [-0.2, 0) is 28.4 Å². The van der Waals surface area contributed by atoms with E-state index in [2.05, 4.69) is 54.5 Å². The van der Waals surface area contributed by atoms with Gasteiger partial charge in [0.1, 0.15) is 67.1 Å². The fraction of sp³-hybridized carbons (Fsp3) is 0.957. The maximum Gasteiger partial charge on any atom is 0.186 e. The van der Waals surface area contributed by atoms with Crippen LogP contribution in [-0.4, -0.2) is 192 Å². The van der Waals surface area contributed by atoms with E-state index in [0.29, 0.717) is 19.3 Å². The monoisotopic (exact) mass is 931 g/mol. The Balaban J connectivity index is 0.942. The van der Waals surface area contributed by atoms with E-state index in [1.807, 2.05) is 0 Å². The van der Waals surface area contributed by atoms with Gasteiger partial charge in [0.15, 0.2) is 18.9 Å². The van der Waals surface area contributed by atoms with Gasteiger partial charge in [-0.1, -0.05) is 60.1 Å². The zero-order chi connectivity index (χ0) is 47.6. The summed E-state index contributed by atoms with van der Waals surface area (Å²) in [7, 11) is 0. The van der Waals surface area contributed by atoms with Gasteiger partial charge in [0, 0.05) is 0 Å². The van der Waals surface area contributed by atoms with Gasteiger partial charge in [-0.3, -0.25) is 0 Å². The molecule has 0 aromatic heterocycles. The Labute approximate surface area is 381 Å². The number of hydrogen-bond acceptors (Lipinski definition) is 18. The van der Waals surface area contributed by atoms with Crippen molar-refractivity contribution >= 4 is 0 Å². The summed E-state index contributed by atoms with van der Waals surface area (Å²) >= 11 is 0. The van der Waals surface area contributed by atoms with Gasteiger partial charge in [-0.05, 0) is 96.2 Å². The molecule has 0 aromatic rings. The van der Waals surface area contributed by atoms with Gasteiger partial charge in [-0.15, -0.1) is 0 Å². The van der Waals surface area contributed by atoms with Gasteiger partial charge in [0.2, 0.25) is 0 Å². The summed E-state index contributed by atoms with van der Waals surface area (Å²) in [5, 5.41) is 130. The van der Waals surface area contributed by atoms with Crippen LogP contribution in [0.4, 0.5) is 0 Å². The molecule has 18 heteroatoms. The Morgan fingerprint density at radius 2 is 1.18 bits per heavy atom. The lowest BCUT2D eigenvalue weighted by Crippen LogP contribution is -2.69. The number of fused-ring (bicyclic) bond motifs is 7. The van der Waals surface area contributed by atoms with E-state index >= 15 is 0 Å². The van der Waals surface area contributed by atoms with Crippen LogP contribution in [0.15, 0.2) is 11.6 Å². The quantitative estimate of drug-likeness (QED) is 0.0995. The molecule has 0 aromatic carbocycles. The highest BCUT2D eigenvalue weighted by atomic mass is 16.7. The molecule has 3 heterocycles. The normalized spacial score (nSPS) is 55.2. The van der Waals surface area contributed by atoms with E-state index in [4.69, 9.17) is 28.4 Å². The highest BCUT2D eigenvalue weighted by molar-refractivity contribution is 5.36. The van der Waals surface area contributed by atoms with Crippen molar-refractivity contribution in [3.63, 3.8) is 0 Å². The predicted molar refractivity (Wildman–Crippen MR) is 227 cm³/mol. The minimum Gasteiger partial charge on any atom is -0.396 e. The molecule has 3 aliphatic heterocycles. The van der Waals surface area contributed by atoms with Crippen molar-refractivity contribution < 1.29 is 89.7 Å². The van der Waals surface area contributed by atoms with Gasteiger partial charge in [0.05, 0.1) is 50.2 Å². The third-order valence-electron chi connectivity index (χ3n) is 19.0. The summed E-state index contributed by atoms with van der Waals surface area (Å²) in [6.07, 6.45) is -15.6. The summed E-state index contributed by atoms with van der Waals surface area (Å²) in [6.45, 7) is 14.2. The lowest BCUT2D eigenvalue weighted by Gasteiger charge is -2.72. The van der Waals surface area contributed by atoms with Crippen molar-refractivity contribution in [1.29, 1.82) is 0 Å². The smallest absolute Gasteiger partial charge is 0.186 e. The first kappa shape index (κ1) is 50.4. The molecule has 0 bridgehead atoms. The molecule has 18 nitrogen and oxygen atoms in total. The van der Waals surface area contributed by atoms with Crippen molar-refractivity contribution in [2.24, 2.45) is 50.2 Å². The summed E-state index contributed by atoms with van der Waals surface area (Å²) in [4.78, 5) is 0. The van der Waals surface area contributed by atoms with Gasteiger partial charge in [-0.2, -0.15) is 0 Å². The third-order valence-corrected chi connectivity index (χ3v) is 19.0. The average molecular weight is 931 g/mol. The molecular formula is C47H78O18. The Kier molecular flexibility index (Phi) is 13.7.